The molecule has 1 N–H and O–H groups in total. The first-order valence-corrected chi connectivity index (χ1v) is 6.01. The van der Waals surface area contributed by atoms with E-state index in [-0.39, 0.29) is 11.2 Å². The van der Waals surface area contributed by atoms with Gasteiger partial charge in [-0.15, -0.1) is 0 Å². The average molecular weight is 219 g/mol. The highest BCUT2D eigenvalue weighted by atomic mass is 19.1. The second-order valence-electron chi connectivity index (χ2n) is 5.78. The highest BCUT2D eigenvalue weighted by Crippen LogP contribution is 2.73. The van der Waals surface area contributed by atoms with E-state index in [1.54, 1.807) is 0 Å². The third-order valence-corrected chi connectivity index (χ3v) is 4.46. The molecule has 0 saturated heterocycles. The Morgan fingerprint density at radius 3 is 2.62 bits per heavy atom. The van der Waals surface area contributed by atoms with Crippen LogP contribution in [0, 0.1) is 18.2 Å². The molecule has 0 heterocycles. The molecule has 2 heteroatoms. The van der Waals surface area contributed by atoms with Crippen LogP contribution in [-0.2, 0) is 5.41 Å². The molecule has 86 valence electrons. The van der Waals surface area contributed by atoms with Crippen molar-refractivity contribution in [3.05, 3.63) is 35.1 Å². The fourth-order valence-electron chi connectivity index (χ4n) is 3.90. The summed E-state index contributed by atoms with van der Waals surface area (Å²) in [4.78, 5) is 0. The molecule has 0 amide bonds. The molecule has 0 atom stereocenters. The van der Waals surface area contributed by atoms with E-state index < -0.39 is 0 Å². The molecule has 1 aromatic rings. The van der Waals surface area contributed by atoms with E-state index in [0.29, 0.717) is 5.41 Å². The summed E-state index contributed by atoms with van der Waals surface area (Å²) in [5.41, 5.74) is 2.42. The van der Waals surface area contributed by atoms with E-state index in [9.17, 15) is 4.39 Å². The molecule has 0 spiro atoms. The van der Waals surface area contributed by atoms with Crippen molar-refractivity contribution < 1.29 is 4.39 Å². The number of rotatable bonds is 3. The molecule has 3 aliphatic rings. The van der Waals surface area contributed by atoms with Crippen molar-refractivity contribution >= 4 is 0 Å². The van der Waals surface area contributed by atoms with Gasteiger partial charge in [-0.3, -0.25) is 0 Å². The van der Waals surface area contributed by atoms with Gasteiger partial charge in [0.2, 0.25) is 0 Å². The molecular formula is C14H18FN. The largest absolute Gasteiger partial charge is 0.319 e. The van der Waals surface area contributed by atoms with E-state index in [4.69, 9.17) is 0 Å². The molecule has 3 saturated carbocycles. The zero-order valence-corrected chi connectivity index (χ0v) is 9.94. The lowest BCUT2D eigenvalue weighted by Gasteiger charge is -2.71. The van der Waals surface area contributed by atoms with Gasteiger partial charge in [0.15, 0.2) is 0 Å². The molecule has 1 nitrogen and oxygen atoms in total. The Labute approximate surface area is 96.1 Å². The maximum Gasteiger partial charge on any atom is 0.129 e. The van der Waals surface area contributed by atoms with E-state index >= 15 is 0 Å². The lowest BCUT2D eigenvalue weighted by Crippen LogP contribution is -2.67. The van der Waals surface area contributed by atoms with E-state index in [0.717, 1.165) is 17.7 Å². The molecule has 3 aliphatic carbocycles. The lowest BCUT2D eigenvalue weighted by molar-refractivity contribution is -0.138. The van der Waals surface area contributed by atoms with Crippen LogP contribution in [0.2, 0.25) is 0 Å². The zero-order chi connectivity index (χ0) is 11.4. The second kappa shape index (κ2) is 3.07. The normalized spacial score (nSPS) is 35.4. The van der Waals surface area contributed by atoms with Crippen molar-refractivity contribution in [2.24, 2.45) is 5.41 Å². The highest BCUT2D eigenvalue weighted by molar-refractivity contribution is 5.41. The Morgan fingerprint density at radius 2 is 2.00 bits per heavy atom. The molecule has 0 radical (unpaired) electrons. The topological polar surface area (TPSA) is 12.0 Å². The Hall–Kier alpha value is -0.890. The van der Waals surface area contributed by atoms with Crippen LogP contribution < -0.4 is 5.32 Å². The van der Waals surface area contributed by atoms with Gasteiger partial charge >= 0.3 is 0 Å². The lowest BCUT2D eigenvalue weighted by atomic mass is 9.33. The predicted octanol–water partition coefficient (Wildman–Crippen LogP) is 2.78. The zero-order valence-electron chi connectivity index (χ0n) is 9.94. The number of aryl methyl sites for hydroxylation is 1. The minimum Gasteiger partial charge on any atom is -0.319 e. The molecule has 16 heavy (non-hydrogen) atoms. The molecule has 2 bridgehead atoms. The van der Waals surface area contributed by atoms with Gasteiger partial charge in [0.1, 0.15) is 5.82 Å². The quantitative estimate of drug-likeness (QED) is 0.824. The molecule has 0 aromatic heterocycles. The van der Waals surface area contributed by atoms with Gasteiger partial charge in [0, 0.05) is 6.54 Å². The monoisotopic (exact) mass is 219 g/mol. The minimum atomic E-state index is 0.0280. The maximum absolute atomic E-state index is 14.0. The first kappa shape index (κ1) is 10.3. The van der Waals surface area contributed by atoms with Crippen LogP contribution >= 0.6 is 0 Å². The van der Waals surface area contributed by atoms with Crippen molar-refractivity contribution in [1.29, 1.82) is 0 Å². The number of hydrogen-bond donors (Lipinski definition) is 1. The van der Waals surface area contributed by atoms with Gasteiger partial charge in [-0.2, -0.15) is 0 Å². The molecular weight excluding hydrogens is 201 g/mol. The van der Waals surface area contributed by atoms with Crippen LogP contribution in [0.1, 0.15) is 30.4 Å². The third-order valence-electron chi connectivity index (χ3n) is 4.46. The minimum absolute atomic E-state index is 0.0280. The van der Waals surface area contributed by atoms with Crippen molar-refractivity contribution in [2.75, 3.05) is 13.6 Å². The maximum atomic E-state index is 14.0. The Kier molecular flexibility index (Phi) is 1.97. The summed E-state index contributed by atoms with van der Waals surface area (Å²) < 4.78 is 14.0. The average Bonchev–Trinajstić information content (AvgIpc) is 2.14. The summed E-state index contributed by atoms with van der Waals surface area (Å²) in [6.07, 6.45) is 3.50. The smallest absolute Gasteiger partial charge is 0.129 e. The third kappa shape index (κ3) is 1.14. The second-order valence-corrected chi connectivity index (χ2v) is 5.78. The first-order chi connectivity index (χ1) is 7.61. The molecule has 3 fully saturated rings. The van der Waals surface area contributed by atoms with Gasteiger partial charge in [0.25, 0.3) is 0 Å². The van der Waals surface area contributed by atoms with Crippen LogP contribution in [0.4, 0.5) is 4.39 Å². The van der Waals surface area contributed by atoms with E-state index in [2.05, 4.69) is 5.32 Å². The Morgan fingerprint density at radius 1 is 1.31 bits per heavy atom. The molecule has 0 unspecified atom stereocenters. The SMILES string of the molecule is CNCC12CC(c3cccc(C)c3F)(C1)C2. The summed E-state index contributed by atoms with van der Waals surface area (Å²) in [6, 6.07) is 5.82. The van der Waals surface area contributed by atoms with Crippen LogP contribution in [0.25, 0.3) is 0 Å². The van der Waals surface area contributed by atoms with Crippen molar-refractivity contribution in [2.45, 2.75) is 31.6 Å². The standard InChI is InChI=1S/C14H18FN/c1-10-4-3-5-11(12(10)15)14-6-13(7-14,8-14)9-16-2/h3-5,16H,6-9H2,1-2H3. The first-order valence-electron chi connectivity index (χ1n) is 6.01. The van der Waals surface area contributed by atoms with Crippen molar-refractivity contribution in [1.82, 2.24) is 5.32 Å². The van der Waals surface area contributed by atoms with E-state index in [1.807, 2.05) is 32.2 Å². The number of halogens is 1. The van der Waals surface area contributed by atoms with Gasteiger partial charge in [-0.05, 0) is 55.2 Å². The highest BCUT2D eigenvalue weighted by Gasteiger charge is 2.68. The van der Waals surface area contributed by atoms with Gasteiger partial charge < -0.3 is 5.32 Å². The number of benzene rings is 1. The summed E-state index contributed by atoms with van der Waals surface area (Å²) in [5, 5.41) is 3.25. The molecule has 4 rings (SSSR count). The van der Waals surface area contributed by atoms with Crippen molar-refractivity contribution in [3.63, 3.8) is 0 Å². The Balaban J connectivity index is 1.85. The molecule has 1 aromatic carbocycles. The number of nitrogens with one attached hydrogen (secondary N) is 1. The van der Waals surface area contributed by atoms with Crippen LogP contribution in [0.3, 0.4) is 0 Å². The summed E-state index contributed by atoms with van der Waals surface area (Å²) in [6.45, 7) is 2.94. The van der Waals surface area contributed by atoms with Crippen LogP contribution in [-0.4, -0.2) is 13.6 Å². The van der Waals surface area contributed by atoms with Crippen LogP contribution in [0.5, 0.6) is 0 Å². The summed E-state index contributed by atoms with van der Waals surface area (Å²) >= 11 is 0. The van der Waals surface area contributed by atoms with E-state index in [1.165, 1.54) is 19.3 Å². The van der Waals surface area contributed by atoms with Gasteiger partial charge in [-0.1, -0.05) is 18.2 Å². The fraction of sp³-hybridized carbons (Fsp3) is 0.571. The fourth-order valence-corrected chi connectivity index (χ4v) is 3.90. The van der Waals surface area contributed by atoms with Gasteiger partial charge in [-0.25, -0.2) is 4.39 Å². The Bertz CT molecular complexity index is 419. The molecule has 0 aliphatic heterocycles. The van der Waals surface area contributed by atoms with Crippen LogP contribution in [0.15, 0.2) is 18.2 Å². The van der Waals surface area contributed by atoms with Crippen molar-refractivity contribution in [3.8, 4) is 0 Å². The summed E-state index contributed by atoms with van der Waals surface area (Å²) in [7, 11) is 2.00. The predicted molar refractivity (Wildman–Crippen MR) is 63.0 cm³/mol. The van der Waals surface area contributed by atoms with Gasteiger partial charge in [0.05, 0.1) is 0 Å². The summed E-state index contributed by atoms with van der Waals surface area (Å²) in [5.74, 6) is 0.0280. The number of hydrogen-bond acceptors (Lipinski definition) is 1.